The molecule has 1 aliphatic rings. The molecule has 0 bridgehead atoms. The molecule has 0 aliphatic heterocycles. The minimum atomic E-state index is 0.354. The summed E-state index contributed by atoms with van der Waals surface area (Å²) in [6.45, 7) is 0. The van der Waals surface area contributed by atoms with Gasteiger partial charge in [-0.2, -0.15) is 5.26 Å². The van der Waals surface area contributed by atoms with Crippen LogP contribution in [0.1, 0.15) is 18.4 Å². The van der Waals surface area contributed by atoms with Gasteiger partial charge in [0.25, 0.3) is 0 Å². The molecule has 0 amide bonds. The van der Waals surface area contributed by atoms with Crippen LogP contribution in [0.25, 0.3) is 5.69 Å². The smallest absolute Gasteiger partial charge is 0.168 e. The van der Waals surface area contributed by atoms with E-state index in [1.165, 1.54) is 0 Å². The van der Waals surface area contributed by atoms with E-state index in [2.05, 4.69) is 21.5 Å². The number of aromatic nitrogens is 3. The van der Waals surface area contributed by atoms with Crippen molar-refractivity contribution in [2.75, 3.05) is 11.1 Å². The second-order valence-corrected chi connectivity index (χ2v) is 4.26. The zero-order valence-electron chi connectivity index (χ0n) is 9.67. The van der Waals surface area contributed by atoms with Gasteiger partial charge in [0.05, 0.1) is 5.69 Å². The fourth-order valence-electron chi connectivity index (χ4n) is 1.75. The first-order valence-corrected chi connectivity index (χ1v) is 5.75. The average molecular weight is 240 g/mol. The monoisotopic (exact) mass is 240 g/mol. The third kappa shape index (κ3) is 1.76. The highest BCUT2D eigenvalue weighted by Gasteiger charge is 2.25. The predicted octanol–water partition coefficient (Wildman–Crippen LogP) is 1.30. The molecule has 1 fully saturated rings. The summed E-state index contributed by atoms with van der Waals surface area (Å²) >= 11 is 0. The summed E-state index contributed by atoms with van der Waals surface area (Å²) in [6, 6.07) is 6.12. The molecule has 90 valence electrons. The molecule has 0 spiro atoms. The maximum atomic E-state index is 9.16. The lowest BCUT2D eigenvalue weighted by molar-refractivity contribution is 0.884. The van der Waals surface area contributed by atoms with Crippen LogP contribution in [0.4, 0.5) is 11.6 Å². The van der Waals surface area contributed by atoms with Crippen molar-refractivity contribution in [3.05, 3.63) is 30.1 Å². The van der Waals surface area contributed by atoms with Gasteiger partial charge in [-0.3, -0.25) is 4.98 Å². The van der Waals surface area contributed by atoms with Crippen LogP contribution in [0.3, 0.4) is 0 Å². The number of nitriles is 1. The Morgan fingerprint density at radius 3 is 2.72 bits per heavy atom. The highest BCUT2D eigenvalue weighted by Crippen LogP contribution is 2.29. The van der Waals surface area contributed by atoms with Gasteiger partial charge >= 0.3 is 0 Å². The van der Waals surface area contributed by atoms with Crippen molar-refractivity contribution in [1.29, 1.82) is 5.26 Å². The molecule has 6 heteroatoms. The molecule has 18 heavy (non-hydrogen) atoms. The van der Waals surface area contributed by atoms with Crippen LogP contribution in [0.5, 0.6) is 0 Å². The molecule has 0 unspecified atom stereocenters. The number of hydrogen-bond donors (Lipinski definition) is 2. The normalized spacial score (nSPS) is 14.2. The Kier molecular flexibility index (Phi) is 2.38. The van der Waals surface area contributed by atoms with Gasteiger partial charge in [-0.25, -0.2) is 4.68 Å². The third-order valence-electron chi connectivity index (χ3n) is 2.86. The number of hydrogen-bond acceptors (Lipinski definition) is 5. The highest BCUT2D eigenvalue weighted by atomic mass is 15.4. The van der Waals surface area contributed by atoms with Crippen LogP contribution >= 0.6 is 0 Å². The Bertz CT molecular complexity index is 605. The van der Waals surface area contributed by atoms with E-state index in [0.717, 1.165) is 18.5 Å². The zero-order valence-corrected chi connectivity index (χ0v) is 9.67. The van der Waals surface area contributed by atoms with Gasteiger partial charge in [0.1, 0.15) is 17.5 Å². The third-order valence-corrected chi connectivity index (χ3v) is 2.86. The van der Waals surface area contributed by atoms with E-state index in [1.54, 1.807) is 29.2 Å². The predicted molar refractivity (Wildman–Crippen MR) is 67.1 cm³/mol. The summed E-state index contributed by atoms with van der Waals surface area (Å²) in [5, 5.41) is 16.7. The van der Waals surface area contributed by atoms with Crippen LogP contribution in [-0.4, -0.2) is 20.8 Å². The van der Waals surface area contributed by atoms with Crippen molar-refractivity contribution in [2.45, 2.75) is 18.9 Å². The molecule has 3 N–H and O–H groups in total. The van der Waals surface area contributed by atoms with E-state index in [9.17, 15) is 0 Å². The number of anilines is 2. The van der Waals surface area contributed by atoms with Gasteiger partial charge < -0.3 is 11.1 Å². The summed E-state index contributed by atoms with van der Waals surface area (Å²) < 4.78 is 1.56. The standard InChI is InChI=1S/C12H12N6/c13-7-10-11(14)18(9-3-5-15-6-4-9)17-12(10)16-8-1-2-8/h3-6,8H,1-2,14H2,(H,16,17). The van der Waals surface area contributed by atoms with Crippen LogP contribution in [0.2, 0.25) is 0 Å². The Balaban J connectivity index is 2.05. The minimum absolute atomic E-state index is 0.354. The van der Waals surface area contributed by atoms with Gasteiger partial charge in [-0.05, 0) is 25.0 Å². The van der Waals surface area contributed by atoms with E-state index in [4.69, 9.17) is 11.0 Å². The molecule has 0 saturated heterocycles. The topological polar surface area (TPSA) is 92.5 Å². The molecule has 0 aromatic carbocycles. The Morgan fingerprint density at radius 2 is 2.11 bits per heavy atom. The summed E-state index contributed by atoms with van der Waals surface area (Å²) in [5.74, 6) is 0.918. The second-order valence-electron chi connectivity index (χ2n) is 4.26. The van der Waals surface area contributed by atoms with Crippen molar-refractivity contribution in [2.24, 2.45) is 0 Å². The minimum Gasteiger partial charge on any atom is -0.382 e. The second kappa shape index (κ2) is 4.04. The van der Waals surface area contributed by atoms with Crippen molar-refractivity contribution in [1.82, 2.24) is 14.8 Å². The first kappa shape index (κ1) is 10.6. The summed E-state index contributed by atoms with van der Waals surface area (Å²) in [7, 11) is 0. The van der Waals surface area contributed by atoms with Crippen molar-refractivity contribution in [3.8, 4) is 11.8 Å². The van der Waals surface area contributed by atoms with E-state index >= 15 is 0 Å². The zero-order chi connectivity index (χ0) is 12.5. The largest absolute Gasteiger partial charge is 0.382 e. The van der Waals surface area contributed by atoms with E-state index < -0.39 is 0 Å². The summed E-state index contributed by atoms with van der Waals surface area (Å²) in [4.78, 5) is 3.95. The first-order valence-electron chi connectivity index (χ1n) is 5.75. The Morgan fingerprint density at radius 1 is 1.39 bits per heavy atom. The quantitative estimate of drug-likeness (QED) is 0.843. The molecular formula is C12H12N6. The summed E-state index contributed by atoms with van der Waals surface area (Å²) in [5.41, 5.74) is 7.16. The fraction of sp³-hybridized carbons (Fsp3) is 0.250. The lowest BCUT2D eigenvalue weighted by atomic mass is 10.3. The van der Waals surface area contributed by atoms with Gasteiger partial charge in [0.15, 0.2) is 5.82 Å². The van der Waals surface area contributed by atoms with Gasteiger partial charge in [-0.15, -0.1) is 5.10 Å². The molecule has 1 saturated carbocycles. The van der Waals surface area contributed by atoms with Crippen molar-refractivity contribution in [3.63, 3.8) is 0 Å². The lowest BCUT2D eigenvalue weighted by Gasteiger charge is -2.02. The molecule has 2 heterocycles. The molecule has 3 rings (SSSR count). The van der Waals surface area contributed by atoms with E-state index in [0.29, 0.717) is 23.2 Å². The number of nitrogens with zero attached hydrogens (tertiary/aromatic N) is 4. The summed E-state index contributed by atoms with van der Waals surface area (Å²) in [6.07, 6.45) is 5.56. The van der Waals surface area contributed by atoms with Crippen LogP contribution in [0, 0.1) is 11.3 Å². The van der Waals surface area contributed by atoms with Crippen molar-refractivity contribution < 1.29 is 0 Å². The molecule has 0 radical (unpaired) electrons. The maximum Gasteiger partial charge on any atom is 0.168 e. The highest BCUT2D eigenvalue weighted by molar-refractivity contribution is 5.66. The molecule has 2 aromatic rings. The number of nitrogens with two attached hydrogens (primary N) is 1. The number of rotatable bonds is 3. The van der Waals surface area contributed by atoms with Gasteiger partial charge in [0.2, 0.25) is 0 Å². The SMILES string of the molecule is N#Cc1c(NC2CC2)nn(-c2ccncc2)c1N. The molecule has 6 nitrogen and oxygen atoms in total. The maximum absolute atomic E-state index is 9.16. The lowest BCUT2D eigenvalue weighted by Crippen LogP contribution is -2.04. The fourth-order valence-corrected chi connectivity index (χ4v) is 1.75. The van der Waals surface area contributed by atoms with Crippen LogP contribution < -0.4 is 11.1 Å². The molecule has 2 aromatic heterocycles. The van der Waals surface area contributed by atoms with E-state index in [-0.39, 0.29) is 0 Å². The van der Waals surface area contributed by atoms with Crippen molar-refractivity contribution >= 4 is 11.6 Å². The molecule has 0 atom stereocenters. The number of nitrogens with one attached hydrogen (secondary N) is 1. The molecular weight excluding hydrogens is 228 g/mol. The Labute approximate surface area is 104 Å². The van der Waals surface area contributed by atoms with E-state index in [1.807, 2.05) is 0 Å². The average Bonchev–Trinajstić information content (AvgIpc) is 3.15. The van der Waals surface area contributed by atoms with Crippen LogP contribution in [0.15, 0.2) is 24.5 Å². The Hall–Kier alpha value is -2.55. The number of nitrogen functional groups attached to an aromatic ring is 1. The van der Waals surface area contributed by atoms with Gasteiger partial charge in [0, 0.05) is 18.4 Å². The molecule has 1 aliphatic carbocycles. The number of pyridine rings is 1. The first-order chi connectivity index (χ1) is 8.79. The van der Waals surface area contributed by atoms with Crippen LogP contribution in [-0.2, 0) is 0 Å². The van der Waals surface area contributed by atoms with Gasteiger partial charge in [-0.1, -0.05) is 0 Å².